The lowest BCUT2D eigenvalue weighted by Gasteiger charge is -2.43. The van der Waals surface area contributed by atoms with Gasteiger partial charge in [0.05, 0.1) is 6.54 Å². The smallest absolute Gasteiger partial charge is 0.410 e. The molecule has 1 unspecified atom stereocenters. The summed E-state index contributed by atoms with van der Waals surface area (Å²) in [5, 5.41) is 5.80. The average Bonchev–Trinajstić information content (AvgIpc) is 2.67. The molecule has 0 saturated heterocycles. The van der Waals surface area contributed by atoms with Crippen LogP contribution in [0, 0.1) is 0 Å². The molecule has 0 fully saturated rings. The van der Waals surface area contributed by atoms with Crippen molar-refractivity contribution < 1.29 is 19.1 Å². The van der Waals surface area contributed by atoms with Gasteiger partial charge in [0, 0.05) is 35.6 Å². The Morgan fingerprint density at radius 1 is 1.23 bits per heavy atom. The highest BCUT2D eigenvalue weighted by Crippen LogP contribution is 2.32. The number of rotatable bonds is 2. The third-order valence-corrected chi connectivity index (χ3v) is 5.37. The minimum Gasteiger partial charge on any atom is -0.444 e. The first-order chi connectivity index (χ1) is 14.0. The van der Waals surface area contributed by atoms with Gasteiger partial charge >= 0.3 is 6.09 Å². The summed E-state index contributed by atoms with van der Waals surface area (Å²) < 4.78 is 5.50. The van der Waals surface area contributed by atoms with Gasteiger partial charge in [0.25, 0.3) is 11.8 Å². The SMILES string of the molecule is CNC(=O)c1ccc(N2C(=O)C3=C(CN(C(=O)OC(C)(C)C)[C@H](C)C3)NC2S)cc1. The van der Waals surface area contributed by atoms with Crippen molar-refractivity contribution in [2.45, 2.75) is 51.3 Å². The lowest BCUT2D eigenvalue weighted by Crippen LogP contribution is -2.57. The van der Waals surface area contributed by atoms with E-state index in [4.69, 9.17) is 4.74 Å². The third-order valence-electron chi connectivity index (χ3n) is 5.01. The first-order valence-corrected chi connectivity index (χ1v) is 10.4. The number of ether oxygens (including phenoxy) is 1. The number of benzene rings is 1. The summed E-state index contributed by atoms with van der Waals surface area (Å²) in [6, 6.07) is 6.59. The van der Waals surface area contributed by atoms with Gasteiger partial charge in [0.2, 0.25) is 0 Å². The monoisotopic (exact) mass is 432 g/mol. The van der Waals surface area contributed by atoms with E-state index < -0.39 is 17.2 Å². The number of nitrogens with zero attached hydrogens (tertiary/aromatic N) is 2. The Morgan fingerprint density at radius 3 is 2.43 bits per heavy atom. The van der Waals surface area contributed by atoms with Crippen LogP contribution in [0.2, 0.25) is 0 Å². The molecular formula is C21H28N4O4S. The van der Waals surface area contributed by atoms with Crippen molar-refractivity contribution in [2.24, 2.45) is 0 Å². The Balaban J connectivity index is 1.83. The lowest BCUT2D eigenvalue weighted by molar-refractivity contribution is -0.116. The van der Waals surface area contributed by atoms with Gasteiger partial charge in [-0.2, -0.15) is 0 Å². The number of anilines is 1. The van der Waals surface area contributed by atoms with Crippen LogP contribution in [-0.4, -0.2) is 53.5 Å². The maximum Gasteiger partial charge on any atom is 0.410 e. The molecule has 3 amide bonds. The Kier molecular flexibility index (Phi) is 6.03. The molecule has 2 aliphatic heterocycles. The van der Waals surface area contributed by atoms with E-state index in [1.807, 2.05) is 27.7 Å². The van der Waals surface area contributed by atoms with Crippen LogP contribution in [0.1, 0.15) is 44.5 Å². The summed E-state index contributed by atoms with van der Waals surface area (Å²) in [7, 11) is 1.57. The van der Waals surface area contributed by atoms with Gasteiger partial charge in [0.15, 0.2) is 5.50 Å². The van der Waals surface area contributed by atoms with E-state index >= 15 is 0 Å². The molecule has 0 aliphatic carbocycles. The molecule has 3 rings (SSSR count). The fourth-order valence-corrected chi connectivity index (χ4v) is 3.91. The van der Waals surface area contributed by atoms with Crippen LogP contribution in [0.5, 0.6) is 0 Å². The molecule has 0 radical (unpaired) electrons. The summed E-state index contributed by atoms with van der Waals surface area (Å²) in [4.78, 5) is 40.8. The second kappa shape index (κ2) is 8.22. The van der Waals surface area contributed by atoms with Crippen molar-refractivity contribution in [1.29, 1.82) is 0 Å². The number of hydrogen-bond donors (Lipinski definition) is 3. The second-order valence-electron chi connectivity index (χ2n) is 8.44. The predicted octanol–water partition coefficient (Wildman–Crippen LogP) is 2.48. The van der Waals surface area contributed by atoms with Crippen molar-refractivity contribution in [3.05, 3.63) is 41.1 Å². The largest absolute Gasteiger partial charge is 0.444 e. The Morgan fingerprint density at radius 2 is 1.87 bits per heavy atom. The first-order valence-electron chi connectivity index (χ1n) is 9.84. The zero-order valence-electron chi connectivity index (χ0n) is 17.9. The molecule has 2 aliphatic rings. The topological polar surface area (TPSA) is 91.0 Å². The van der Waals surface area contributed by atoms with Crippen LogP contribution in [0.3, 0.4) is 0 Å². The van der Waals surface area contributed by atoms with Crippen LogP contribution < -0.4 is 15.5 Å². The van der Waals surface area contributed by atoms with E-state index in [1.165, 1.54) is 0 Å². The molecule has 162 valence electrons. The fraction of sp³-hybridized carbons (Fsp3) is 0.476. The third kappa shape index (κ3) is 4.40. The number of carbonyl (C=O) groups excluding carboxylic acids is 3. The molecule has 1 aromatic rings. The van der Waals surface area contributed by atoms with E-state index in [0.29, 0.717) is 28.9 Å². The van der Waals surface area contributed by atoms with Crippen molar-refractivity contribution in [3.63, 3.8) is 0 Å². The zero-order valence-corrected chi connectivity index (χ0v) is 18.7. The maximum atomic E-state index is 13.3. The highest BCUT2D eigenvalue weighted by atomic mass is 32.1. The second-order valence-corrected chi connectivity index (χ2v) is 8.93. The molecule has 2 atom stereocenters. The highest BCUT2D eigenvalue weighted by molar-refractivity contribution is 7.81. The predicted molar refractivity (Wildman–Crippen MR) is 117 cm³/mol. The first kappa shape index (κ1) is 22.0. The Labute approximate surface area is 182 Å². The summed E-state index contributed by atoms with van der Waals surface area (Å²) >= 11 is 4.55. The molecule has 8 nitrogen and oxygen atoms in total. The standard InChI is InChI=1S/C21H28N4O4S/c1-12-10-15-16(11-24(12)20(28)29-21(2,3)4)23-19(30)25(18(15)27)14-8-6-13(7-9-14)17(26)22-5/h6-9,12,19,23,30H,10-11H2,1-5H3,(H,22,26)/t12-,19?/m1/s1. The summed E-state index contributed by atoms with van der Waals surface area (Å²) in [6.07, 6.45) is 0.00650. The molecule has 0 spiro atoms. The molecule has 2 heterocycles. The van der Waals surface area contributed by atoms with Crippen LogP contribution >= 0.6 is 12.6 Å². The zero-order chi connectivity index (χ0) is 22.2. The summed E-state index contributed by atoms with van der Waals surface area (Å²) in [6.45, 7) is 7.63. The molecule has 0 saturated carbocycles. The maximum absolute atomic E-state index is 13.3. The van der Waals surface area contributed by atoms with Gasteiger partial charge in [-0.25, -0.2) is 4.79 Å². The van der Waals surface area contributed by atoms with Gasteiger partial charge in [-0.3, -0.25) is 19.4 Å². The van der Waals surface area contributed by atoms with Gasteiger partial charge in [-0.1, -0.05) is 0 Å². The number of amides is 3. The molecule has 2 N–H and O–H groups in total. The average molecular weight is 433 g/mol. The Bertz CT molecular complexity index is 891. The van der Waals surface area contributed by atoms with Crippen molar-refractivity contribution in [1.82, 2.24) is 15.5 Å². The van der Waals surface area contributed by atoms with Gasteiger partial charge < -0.3 is 15.4 Å². The lowest BCUT2D eigenvalue weighted by atomic mass is 9.96. The van der Waals surface area contributed by atoms with Crippen molar-refractivity contribution in [3.8, 4) is 0 Å². The Hall–Kier alpha value is -2.68. The molecule has 30 heavy (non-hydrogen) atoms. The van der Waals surface area contributed by atoms with Crippen molar-refractivity contribution in [2.75, 3.05) is 18.5 Å². The van der Waals surface area contributed by atoms with Crippen LogP contribution in [0.25, 0.3) is 0 Å². The molecular weight excluding hydrogens is 404 g/mol. The summed E-state index contributed by atoms with van der Waals surface area (Å²) in [5.41, 5.74) is 1.26. The van der Waals surface area contributed by atoms with Crippen LogP contribution in [-0.2, 0) is 9.53 Å². The molecule has 1 aromatic carbocycles. The van der Waals surface area contributed by atoms with Gasteiger partial charge in [0.1, 0.15) is 5.60 Å². The number of nitrogens with one attached hydrogen (secondary N) is 2. The van der Waals surface area contributed by atoms with Crippen molar-refractivity contribution >= 4 is 36.2 Å². The molecule has 0 aromatic heterocycles. The minimum atomic E-state index is -0.601. The number of hydrogen-bond acceptors (Lipinski definition) is 6. The van der Waals surface area contributed by atoms with Gasteiger partial charge in [-0.15, -0.1) is 12.6 Å². The summed E-state index contributed by atoms with van der Waals surface area (Å²) in [5.74, 6) is -0.354. The van der Waals surface area contributed by atoms with Crippen LogP contribution in [0.15, 0.2) is 35.5 Å². The van der Waals surface area contributed by atoms with E-state index in [0.717, 1.165) is 0 Å². The highest BCUT2D eigenvalue weighted by Gasteiger charge is 2.40. The number of carbonyl (C=O) groups is 3. The van der Waals surface area contributed by atoms with Gasteiger partial charge in [-0.05, 0) is 58.4 Å². The number of thiol groups is 1. The molecule has 0 bridgehead atoms. The van der Waals surface area contributed by atoms with E-state index in [-0.39, 0.29) is 24.4 Å². The van der Waals surface area contributed by atoms with Crippen LogP contribution in [0.4, 0.5) is 10.5 Å². The van der Waals surface area contributed by atoms with E-state index in [9.17, 15) is 14.4 Å². The molecule has 9 heteroatoms. The fourth-order valence-electron chi connectivity index (χ4n) is 3.52. The van der Waals surface area contributed by atoms with E-state index in [2.05, 4.69) is 23.3 Å². The quantitative estimate of drug-likeness (QED) is 0.625. The van der Waals surface area contributed by atoms with E-state index in [1.54, 1.807) is 41.1 Å². The minimum absolute atomic E-state index is 0.160. The normalized spacial score (nSPS) is 21.7.